The lowest BCUT2D eigenvalue weighted by atomic mass is 9.94. The molecule has 0 aromatic heterocycles. The van der Waals surface area contributed by atoms with E-state index >= 15 is 0 Å². The lowest BCUT2D eigenvalue weighted by Crippen LogP contribution is -2.43. The summed E-state index contributed by atoms with van der Waals surface area (Å²) < 4.78 is 58.3. The second kappa shape index (κ2) is 10.5. The van der Waals surface area contributed by atoms with Crippen LogP contribution < -0.4 is 15.2 Å². The predicted octanol–water partition coefficient (Wildman–Crippen LogP) is 4.89. The molecule has 0 spiro atoms. The third-order valence-corrected chi connectivity index (χ3v) is 6.66. The maximum absolute atomic E-state index is 13.5. The molecule has 36 heavy (non-hydrogen) atoms. The smallest absolute Gasteiger partial charge is 0.416 e. The van der Waals surface area contributed by atoms with Crippen molar-refractivity contribution in [2.45, 2.75) is 31.7 Å². The number of rotatable bonds is 6. The number of ether oxygens (including phenoxy) is 3. The van der Waals surface area contributed by atoms with Crippen molar-refractivity contribution in [2.75, 3.05) is 45.0 Å². The summed E-state index contributed by atoms with van der Waals surface area (Å²) in [7, 11) is 2.08. The van der Waals surface area contributed by atoms with Crippen molar-refractivity contribution >= 4 is 5.69 Å². The molecular weight excluding hydrogens is 471 g/mol. The third kappa shape index (κ3) is 5.53. The second-order valence-corrected chi connectivity index (χ2v) is 9.28. The first kappa shape index (κ1) is 24.7. The SMILES string of the molecule is CN1CCO[C@@H](CC2=CNN(c3ccc(C(F)(F)F)cc3OCc3ccccc3)C3=C2COCC3)C1. The summed E-state index contributed by atoms with van der Waals surface area (Å²) in [5.74, 6) is 0.161. The van der Waals surface area contributed by atoms with Crippen molar-refractivity contribution in [3.05, 3.63) is 82.7 Å². The van der Waals surface area contributed by atoms with Gasteiger partial charge in [0, 0.05) is 43.4 Å². The minimum absolute atomic E-state index is 0.0786. The molecule has 3 heterocycles. The Labute approximate surface area is 208 Å². The fraction of sp³-hybridized carbons (Fsp3) is 0.407. The van der Waals surface area contributed by atoms with E-state index in [2.05, 4.69) is 17.4 Å². The summed E-state index contributed by atoms with van der Waals surface area (Å²) in [6.07, 6.45) is -1.12. The molecule has 6 nitrogen and oxygen atoms in total. The number of alkyl halides is 3. The number of anilines is 1. The third-order valence-electron chi connectivity index (χ3n) is 6.66. The fourth-order valence-electron chi connectivity index (χ4n) is 4.77. The van der Waals surface area contributed by atoms with E-state index in [1.165, 1.54) is 6.07 Å². The summed E-state index contributed by atoms with van der Waals surface area (Å²) in [5.41, 5.74) is 7.08. The Morgan fingerprint density at radius 1 is 1.11 bits per heavy atom. The number of halogens is 3. The second-order valence-electron chi connectivity index (χ2n) is 9.28. The summed E-state index contributed by atoms with van der Waals surface area (Å²) in [6, 6.07) is 13.0. The zero-order chi connectivity index (χ0) is 25.1. The lowest BCUT2D eigenvalue weighted by molar-refractivity contribution is -0.137. The minimum Gasteiger partial charge on any atom is -0.487 e. The van der Waals surface area contributed by atoms with Crippen molar-refractivity contribution in [3.63, 3.8) is 0 Å². The van der Waals surface area contributed by atoms with Gasteiger partial charge in [-0.15, -0.1) is 0 Å². The highest BCUT2D eigenvalue weighted by molar-refractivity contribution is 5.65. The normalized spacial score (nSPS) is 21.1. The van der Waals surface area contributed by atoms with Crippen molar-refractivity contribution in [2.24, 2.45) is 0 Å². The molecule has 0 saturated carbocycles. The molecule has 2 aromatic rings. The first-order valence-electron chi connectivity index (χ1n) is 12.1. The van der Waals surface area contributed by atoms with E-state index in [0.29, 0.717) is 31.9 Å². The fourth-order valence-corrected chi connectivity index (χ4v) is 4.77. The van der Waals surface area contributed by atoms with Gasteiger partial charge in [0.2, 0.25) is 0 Å². The van der Waals surface area contributed by atoms with Crippen LogP contribution in [-0.4, -0.2) is 51.0 Å². The van der Waals surface area contributed by atoms with Crippen LogP contribution in [0.4, 0.5) is 18.9 Å². The molecule has 1 saturated heterocycles. The van der Waals surface area contributed by atoms with Gasteiger partial charge in [-0.2, -0.15) is 13.2 Å². The van der Waals surface area contributed by atoms with Gasteiger partial charge in [-0.1, -0.05) is 30.3 Å². The van der Waals surface area contributed by atoms with E-state index in [-0.39, 0.29) is 18.5 Å². The summed E-state index contributed by atoms with van der Waals surface area (Å²) in [6.45, 7) is 3.60. The van der Waals surface area contributed by atoms with Gasteiger partial charge < -0.3 is 24.5 Å². The Bertz CT molecular complexity index is 1130. The number of morpholine rings is 1. The zero-order valence-corrected chi connectivity index (χ0v) is 20.2. The van der Waals surface area contributed by atoms with Crippen LogP contribution in [0.5, 0.6) is 5.75 Å². The Hall–Kier alpha value is -3.01. The van der Waals surface area contributed by atoms with E-state index in [9.17, 15) is 13.2 Å². The van der Waals surface area contributed by atoms with Gasteiger partial charge in [0.1, 0.15) is 18.0 Å². The predicted molar refractivity (Wildman–Crippen MR) is 130 cm³/mol. The molecule has 0 radical (unpaired) electrons. The van der Waals surface area contributed by atoms with Gasteiger partial charge in [0.05, 0.1) is 31.5 Å². The summed E-state index contributed by atoms with van der Waals surface area (Å²) in [5, 5.41) is 1.83. The topological polar surface area (TPSA) is 46.2 Å². The van der Waals surface area contributed by atoms with E-state index in [4.69, 9.17) is 14.2 Å². The van der Waals surface area contributed by atoms with E-state index in [0.717, 1.165) is 54.0 Å². The molecule has 1 fully saturated rings. The Balaban J connectivity index is 1.44. The molecule has 1 atom stereocenters. The maximum Gasteiger partial charge on any atom is 0.416 e. The number of benzene rings is 2. The lowest BCUT2D eigenvalue weighted by Gasteiger charge is -2.38. The first-order valence-corrected chi connectivity index (χ1v) is 12.1. The minimum atomic E-state index is -4.47. The van der Waals surface area contributed by atoms with Crippen LogP contribution in [0.3, 0.4) is 0 Å². The van der Waals surface area contributed by atoms with Crippen molar-refractivity contribution < 1.29 is 27.4 Å². The van der Waals surface area contributed by atoms with Crippen molar-refractivity contribution in [3.8, 4) is 5.75 Å². The maximum atomic E-state index is 13.5. The Kier molecular flexibility index (Phi) is 7.22. The summed E-state index contributed by atoms with van der Waals surface area (Å²) in [4.78, 5) is 2.25. The van der Waals surface area contributed by atoms with E-state index in [1.54, 1.807) is 0 Å². The molecule has 5 rings (SSSR count). The van der Waals surface area contributed by atoms with Gasteiger partial charge in [-0.25, -0.2) is 0 Å². The van der Waals surface area contributed by atoms with Gasteiger partial charge >= 0.3 is 6.18 Å². The van der Waals surface area contributed by atoms with E-state index in [1.807, 2.05) is 41.5 Å². The van der Waals surface area contributed by atoms with Gasteiger partial charge in [-0.3, -0.25) is 5.01 Å². The molecule has 0 bridgehead atoms. The average molecular weight is 502 g/mol. The molecule has 1 N–H and O–H groups in total. The number of hydrogen-bond donors (Lipinski definition) is 1. The van der Waals surface area contributed by atoms with Gasteiger partial charge in [-0.05, 0) is 36.4 Å². The van der Waals surface area contributed by atoms with Crippen LogP contribution in [0.25, 0.3) is 0 Å². The molecule has 0 aliphatic carbocycles. The number of hydrogen-bond acceptors (Lipinski definition) is 6. The molecule has 0 unspecified atom stereocenters. The molecule has 2 aromatic carbocycles. The van der Waals surface area contributed by atoms with Crippen LogP contribution in [0.1, 0.15) is 24.0 Å². The monoisotopic (exact) mass is 501 g/mol. The standard InChI is InChI=1S/C27H30F3N3O3/c1-32-10-12-35-22(16-32)13-20-15-31-33(24-9-11-34-18-23(20)24)25-8-7-21(27(28,29)30)14-26(25)36-17-19-5-3-2-4-6-19/h2-8,14-15,22,31H,9-13,16-18H2,1H3/t22-/m0/s1. The quantitative estimate of drug-likeness (QED) is 0.609. The van der Waals surface area contributed by atoms with Crippen LogP contribution in [0.15, 0.2) is 71.6 Å². The molecule has 9 heteroatoms. The number of hydrazine groups is 1. The molecule has 192 valence electrons. The largest absolute Gasteiger partial charge is 0.487 e. The summed E-state index contributed by atoms with van der Waals surface area (Å²) >= 11 is 0. The highest BCUT2D eigenvalue weighted by Crippen LogP contribution is 2.41. The Morgan fingerprint density at radius 2 is 1.94 bits per heavy atom. The van der Waals surface area contributed by atoms with Crippen LogP contribution in [-0.2, 0) is 22.3 Å². The van der Waals surface area contributed by atoms with Crippen molar-refractivity contribution in [1.82, 2.24) is 10.3 Å². The van der Waals surface area contributed by atoms with Gasteiger partial charge in [0.15, 0.2) is 0 Å². The van der Waals surface area contributed by atoms with E-state index < -0.39 is 11.7 Å². The van der Waals surface area contributed by atoms with Crippen LogP contribution in [0.2, 0.25) is 0 Å². The number of nitrogens with zero attached hydrogens (tertiary/aromatic N) is 2. The number of likely N-dealkylation sites (N-methyl/N-ethyl adjacent to an activating group) is 1. The first-order chi connectivity index (χ1) is 17.4. The number of nitrogens with one attached hydrogen (secondary N) is 1. The molecule has 3 aliphatic rings. The highest BCUT2D eigenvalue weighted by atomic mass is 19.4. The molecule has 0 amide bonds. The van der Waals surface area contributed by atoms with Crippen LogP contribution in [0, 0.1) is 0 Å². The van der Waals surface area contributed by atoms with Gasteiger partial charge in [0.25, 0.3) is 0 Å². The highest BCUT2D eigenvalue weighted by Gasteiger charge is 2.34. The molecule has 3 aliphatic heterocycles. The van der Waals surface area contributed by atoms with Crippen LogP contribution >= 0.6 is 0 Å². The average Bonchev–Trinajstić information content (AvgIpc) is 2.88. The zero-order valence-electron chi connectivity index (χ0n) is 20.2. The van der Waals surface area contributed by atoms with Crippen molar-refractivity contribution in [1.29, 1.82) is 0 Å². The molecular formula is C27H30F3N3O3. The Morgan fingerprint density at radius 3 is 2.72 bits per heavy atom.